The number of benzene rings is 1. The Morgan fingerprint density at radius 3 is 2.58 bits per heavy atom. The number of carbonyl (C=O) groups excluding carboxylic acids is 1. The van der Waals surface area contributed by atoms with Crippen molar-refractivity contribution in [2.75, 3.05) is 26.2 Å². The molecule has 1 aromatic carbocycles. The molecular weight excluding hydrogens is 236 g/mol. The van der Waals surface area contributed by atoms with E-state index in [4.69, 9.17) is 0 Å². The summed E-state index contributed by atoms with van der Waals surface area (Å²) >= 11 is 0. The molecule has 19 heavy (non-hydrogen) atoms. The maximum atomic E-state index is 10.9. The monoisotopic (exact) mass is 258 g/mol. The summed E-state index contributed by atoms with van der Waals surface area (Å²) in [5.41, 5.74) is 1.85. The molecule has 0 aliphatic carbocycles. The fraction of sp³-hybridized carbons (Fsp3) is 0.562. The number of hydrogen-bond donors (Lipinski definition) is 1. The summed E-state index contributed by atoms with van der Waals surface area (Å²) < 4.78 is 0. The van der Waals surface area contributed by atoms with E-state index >= 15 is 0 Å². The average molecular weight is 258 g/mol. The van der Waals surface area contributed by atoms with Crippen LogP contribution in [-0.4, -0.2) is 37.5 Å². The molecule has 1 N–H and O–H groups in total. The Morgan fingerprint density at radius 1 is 1.16 bits per heavy atom. The van der Waals surface area contributed by atoms with Crippen LogP contribution < -0.4 is 5.32 Å². The van der Waals surface area contributed by atoms with Gasteiger partial charge in [0.2, 0.25) is 6.41 Å². The van der Waals surface area contributed by atoms with Gasteiger partial charge in [-0.25, -0.2) is 0 Å². The van der Waals surface area contributed by atoms with Crippen LogP contribution in [0.15, 0.2) is 30.3 Å². The second kappa shape index (κ2) is 5.33. The predicted molar refractivity (Wildman–Crippen MR) is 76.0 cm³/mol. The molecule has 0 bridgehead atoms. The number of rotatable bonds is 2. The fourth-order valence-electron chi connectivity index (χ4n) is 3.80. The van der Waals surface area contributed by atoms with Crippen molar-refractivity contribution in [2.24, 2.45) is 5.41 Å². The zero-order valence-corrected chi connectivity index (χ0v) is 11.3. The Kier molecular flexibility index (Phi) is 3.56. The lowest BCUT2D eigenvalue weighted by molar-refractivity contribution is -0.120. The number of hydrogen-bond acceptors (Lipinski definition) is 2. The third-order valence-corrected chi connectivity index (χ3v) is 5.03. The highest BCUT2D eigenvalue weighted by molar-refractivity contribution is 5.47. The Morgan fingerprint density at radius 2 is 1.89 bits per heavy atom. The van der Waals surface area contributed by atoms with Crippen LogP contribution in [0.3, 0.4) is 0 Å². The first-order valence-electron chi connectivity index (χ1n) is 7.29. The van der Waals surface area contributed by atoms with Crippen LogP contribution in [0.1, 0.15) is 30.7 Å². The molecule has 1 atom stereocenters. The summed E-state index contributed by atoms with van der Waals surface area (Å²) in [4.78, 5) is 12.8. The summed E-state index contributed by atoms with van der Waals surface area (Å²) in [5, 5.41) is 3.55. The number of piperidine rings is 2. The maximum absolute atomic E-state index is 10.9. The van der Waals surface area contributed by atoms with E-state index in [1.165, 1.54) is 12.0 Å². The maximum Gasteiger partial charge on any atom is 0.209 e. The number of nitrogens with zero attached hydrogens (tertiary/aromatic N) is 1. The molecule has 102 valence electrons. The molecule has 2 aliphatic heterocycles. The van der Waals surface area contributed by atoms with Crippen molar-refractivity contribution in [1.82, 2.24) is 10.2 Å². The molecule has 2 aliphatic rings. The van der Waals surface area contributed by atoms with Crippen molar-refractivity contribution in [3.8, 4) is 0 Å². The van der Waals surface area contributed by atoms with Gasteiger partial charge in [-0.15, -0.1) is 0 Å². The topological polar surface area (TPSA) is 32.3 Å². The van der Waals surface area contributed by atoms with Gasteiger partial charge in [-0.3, -0.25) is 4.79 Å². The minimum Gasteiger partial charge on any atom is -0.345 e. The van der Waals surface area contributed by atoms with E-state index < -0.39 is 0 Å². The molecule has 3 heteroatoms. The third-order valence-electron chi connectivity index (χ3n) is 5.03. The molecule has 3 rings (SSSR count). The quantitative estimate of drug-likeness (QED) is 0.823. The van der Waals surface area contributed by atoms with Crippen LogP contribution in [0.4, 0.5) is 0 Å². The van der Waals surface area contributed by atoms with Crippen molar-refractivity contribution >= 4 is 6.41 Å². The van der Waals surface area contributed by atoms with Gasteiger partial charge in [0.1, 0.15) is 0 Å². The first-order valence-corrected chi connectivity index (χ1v) is 7.29. The fourth-order valence-corrected chi connectivity index (χ4v) is 3.80. The van der Waals surface area contributed by atoms with Crippen molar-refractivity contribution in [2.45, 2.75) is 25.2 Å². The minimum absolute atomic E-state index is 0.395. The van der Waals surface area contributed by atoms with E-state index in [1.54, 1.807) is 0 Å². The van der Waals surface area contributed by atoms with E-state index in [0.717, 1.165) is 45.4 Å². The number of nitrogens with one attached hydrogen (secondary N) is 1. The van der Waals surface area contributed by atoms with Crippen LogP contribution in [-0.2, 0) is 4.79 Å². The summed E-state index contributed by atoms with van der Waals surface area (Å²) in [6, 6.07) is 10.9. The van der Waals surface area contributed by atoms with Gasteiger partial charge in [0.25, 0.3) is 0 Å². The Balaban J connectivity index is 1.83. The summed E-state index contributed by atoms with van der Waals surface area (Å²) in [6.07, 6.45) is 4.53. The molecule has 3 nitrogen and oxygen atoms in total. The van der Waals surface area contributed by atoms with Gasteiger partial charge in [-0.1, -0.05) is 30.3 Å². The lowest BCUT2D eigenvalue weighted by atomic mass is 9.63. The van der Waals surface area contributed by atoms with E-state index in [2.05, 4.69) is 35.6 Å². The highest BCUT2D eigenvalue weighted by Crippen LogP contribution is 2.48. The standard InChI is InChI=1S/C16H22N2O/c19-13-18-10-7-16(8-11-18)6-9-17-12-15(16)14-4-2-1-3-5-14/h1-5,13,15,17H,6-12H2. The number of likely N-dealkylation sites (tertiary alicyclic amines) is 1. The van der Waals surface area contributed by atoms with Crippen LogP contribution in [0.2, 0.25) is 0 Å². The first-order chi connectivity index (χ1) is 9.34. The Hall–Kier alpha value is -1.35. The summed E-state index contributed by atoms with van der Waals surface area (Å²) in [7, 11) is 0. The van der Waals surface area contributed by atoms with Gasteiger partial charge >= 0.3 is 0 Å². The lowest BCUT2D eigenvalue weighted by Crippen LogP contribution is -2.49. The molecule has 1 amide bonds. The SMILES string of the molecule is O=CN1CCC2(CCNCC2c2ccccc2)CC1. The number of carbonyl (C=O) groups is 1. The van der Waals surface area contributed by atoms with Gasteiger partial charge in [0.15, 0.2) is 0 Å². The highest BCUT2D eigenvalue weighted by atomic mass is 16.1. The van der Waals surface area contributed by atoms with E-state index in [1.807, 2.05) is 4.90 Å². The van der Waals surface area contributed by atoms with Crippen LogP contribution in [0.25, 0.3) is 0 Å². The smallest absolute Gasteiger partial charge is 0.209 e. The van der Waals surface area contributed by atoms with Crippen LogP contribution in [0.5, 0.6) is 0 Å². The first kappa shape index (κ1) is 12.7. The van der Waals surface area contributed by atoms with Crippen LogP contribution >= 0.6 is 0 Å². The van der Waals surface area contributed by atoms with Gasteiger partial charge in [0, 0.05) is 25.6 Å². The molecule has 1 spiro atoms. The van der Waals surface area contributed by atoms with Gasteiger partial charge in [0.05, 0.1) is 0 Å². The second-order valence-corrected chi connectivity index (χ2v) is 5.92. The summed E-state index contributed by atoms with van der Waals surface area (Å²) in [5.74, 6) is 0.594. The molecule has 0 saturated carbocycles. The third kappa shape index (κ3) is 2.39. The van der Waals surface area contributed by atoms with Gasteiger partial charge in [-0.05, 0) is 36.8 Å². The molecular formula is C16H22N2O. The number of amides is 1. The van der Waals surface area contributed by atoms with Gasteiger partial charge in [-0.2, -0.15) is 0 Å². The van der Waals surface area contributed by atoms with E-state index in [9.17, 15) is 4.79 Å². The van der Waals surface area contributed by atoms with Crippen molar-refractivity contribution < 1.29 is 4.79 Å². The highest BCUT2D eigenvalue weighted by Gasteiger charge is 2.43. The van der Waals surface area contributed by atoms with Crippen molar-refractivity contribution in [1.29, 1.82) is 0 Å². The largest absolute Gasteiger partial charge is 0.345 e. The molecule has 0 radical (unpaired) electrons. The van der Waals surface area contributed by atoms with Crippen LogP contribution in [0, 0.1) is 5.41 Å². The van der Waals surface area contributed by atoms with Crippen molar-refractivity contribution in [3.63, 3.8) is 0 Å². The minimum atomic E-state index is 0.395. The van der Waals surface area contributed by atoms with E-state index in [0.29, 0.717) is 11.3 Å². The zero-order chi connectivity index (χ0) is 13.1. The van der Waals surface area contributed by atoms with Crippen molar-refractivity contribution in [3.05, 3.63) is 35.9 Å². The van der Waals surface area contributed by atoms with Gasteiger partial charge < -0.3 is 10.2 Å². The Bertz CT molecular complexity index is 424. The molecule has 0 aromatic heterocycles. The molecule has 1 aromatic rings. The second-order valence-electron chi connectivity index (χ2n) is 5.92. The zero-order valence-electron chi connectivity index (χ0n) is 11.3. The predicted octanol–water partition coefficient (Wildman–Crippen LogP) is 2.00. The molecule has 2 fully saturated rings. The average Bonchev–Trinajstić information content (AvgIpc) is 2.49. The molecule has 2 heterocycles. The molecule has 2 saturated heterocycles. The summed E-state index contributed by atoms with van der Waals surface area (Å²) in [6.45, 7) is 4.04. The van der Waals surface area contributed by atoms with E-state index in [-0.39, 0.29) is 0 Å². The molecule has 1 unspecified atom stereocenters. The Labute approximate surface area is 115 Å². The lowest BCUT2D eigenvalue weighted by Gasteiger charge is -2.49. The normalized spacial score (nSPS) is 26.3.